The molecule has 0 unspecified atom stereocenters. The second-order valence-electron chi connectivity index (χ2n) is 12.2. The van der Waals surface area contributed by atoms with Crippen LogP contribution in [0.3, 0.4) is 0 Å². The van der Waals surface area contributed by atoms with Gasteiger partial charge in [-0.2, -0.15) is 8.42 Å². The van der Waals surface area contributed by atoms with Gasteiger partial charge in [-0.3, -0.25) is 23.9 Å². The number of halogens is 1. The highest BCUT2D eigenvalue weighted by molar-refractivity contribution is 7.92. The van der Waals surface area contributed by atoms with E-state index in [0.29, 0.717) is 22.2 Å². The minimum atomic E-state index is -4.26. The Labute approximate surface area is 301 Å². The van der Waals surface area contributed by atoms with Gasteiger partial charge in [0.2, 0.25) is 0 Å². The fraction of sp³-hybridized carbons (Fsp3) is 0.167. The summed E-state index contributed by atoms with van der Waals surface area (Å²) >= 11 is 0. The van der Waals surface area contributed by atoms with Crippen molar-refractivity contribution in [2.75, 3.05) is 4.72 Å². The lowest BCUT2D eigenvalue weighted by Gasteiger charge is -2.33. The summed E-state index contributed by atoms with van der Waals surface area (Å²) in [4.78, 5) is 69.4. The van der Waals surface area contributed by atoms with Crippen LogP contribution in [0.5, 0.6) is 0 Å². The quantitative estimate of drug-likeness (QED) is 0.197. The van der Waals surface area contributed by atoms with E-state index in [2.05, 4.69) is 24.7 Å². The summed E-state index contributed by atoms with van der Waals surface area (Å²) in [5.74, 6) is -3.37. The SMILES string of the molecule is CC(C)N(C(=O)c1ccc(NS(=O)(=O)c2ccc(-c3cncnc3)cn2)cc1F)[C@@H](Cc1ccc(-n2c(=O)c3ccncc3n(C)c2=O)cc1)C(=O)O. The number of carboxylic acids is 1. The van der Waals surface area contributed by atoms with Crippen molar-refractivity contribution in [1.29, 1.82) is 0 Å². The normalized spacial score (nSPS) is 12.1. The van der Waals surface area contributed by atoms with E-state index < -0.39 is 56.6 Å². The number of fused-ring (bicyclic) bond motifs is 1. The number of carbonyl (C=O) groups excluding carboxylic acids is 1. The highest BCUT2D eigenvalue weighted by Crippen LogP contribution is 2.24. The maximum Gasteiger partial charge on any atom is 0.335 e. The van der Waals surface area contributed by atoms with E-state index in [1.807, 2.05) is 0 Å². The van der Waals surface area contributed by atoms with Crippen molar-refractivity contribution in [3.05, 3.63) is 136 Å². The molecule has 53 heavy (non-hydrogen) atoms. The highest BCUT2D eigenvalue weighted by atomic mass is 32.2. The lowest BCUT2D eigenvalue weighted by Crippen LogP contribution is -2.50. The predicted molar refractivity (Wildman–Crippen MR) is 191 cm³/mol. The molecule has 0 aliphatic heterocycles. The first kappa shape index (κ1) is 36.2. The zero-order valence-corrected chi connectivity index (χ0v) is 29.2. The monoisotopic (exact) mass is 738 g/mol. The Morgan fingerprint density at radius 3 is 2.26 bits per heavy atom. The molecule has 6 aromatic rings. The molecular formula is C36H31FN8O7S. The van der Waals surface area contributed by atoms with Crippen LogP contribution in [0.1, 0.15) is 29.8 Å². The molecule has 0 fully saturated rings. The van der Waals surface area contributed by atoms with Gasteiger partial charge in [-0.25, -0.2) is 33.5 Å². The number of amides is 1. The summed E-state index contributed by atoms with van der Waals surface area (Å²) in [6.45, 7) is 3.16. The molecular weight excluding hydrogens is 708 g/mol. The van der Waals surface area contributed by atoms with Gasteiger partial charge >= 0.3 is 11.7 Å². The molecule has 4 heterocycles. The lowest BCUT2D eigenvalue weighted by atomic mass is 10.0. The van der Waals surface area contributed by atoms with Gasteiger partial charge < -0.3 is 10.0 Å². The Bertz CT molecular complexity index is 2580. The fourth-order valence-electron chi connectivity index (χ4n) is 5.82. The molecule has 2 N–H and O–H groups in total. The number of aryl methyl sites for hydroxylation is 1. The van der Waals surface area contributed by atoms with E-state index in [1.165, 1.54) is 85.1 Å². The first-order chi connectivity index (χ1) is 25.3. The van der Waals surface area contributed by atoms with Crippen molar-refractivity contribution in [2.24, 2.45) is 7.05 Å². The van der Waals surface area contributed by atoms with Crippen molar-refractivity contribution in [3.8, 4) is 16.8 Å². The average Bonchev–Trinajstić information content (AvgIpc) is 3.14. The van der Waals surface area contributed by atoms with Crippen molar-refractivity contribution in [1.82, 2.24) is 34.0 Å². The molecule has 0 aliphatic rings. The molecule has 270 valence electrons. The van der Waals surface area contributed by atoms with Crippen LogP contribution >= 0.6 is 0 Å². The zero-order valence-electron chi connectivity index (χ0n) is 28.4. The Morgan fingerprint density at radius 1 is 0.925 bits per heavy atom. The number of aliphatic carboxylic acids is 1. The van der Waals surface area contributed by atoms with E-state index in [4.69, 9.17) is 0 Å². The number of pyridine rings is 2. The predicted octanol–water partition coefficient (Wildman–Crippen LogP) is 3.42. The minimum Gasteiger partial charge on any atom is -0.480 e. The topological polar surface area (TPSA) is 199 Å². The van der Waals surface area contributed by atoms with Crippen molar-refractivity contribution < 1.29 is 27.5 Å². The van der Waals surface area contributed by atoms with Gasteiger partial charge in [0.05, 0.1) is 34.0 Å². The molecule has 0 aliphatic carbocycles. The lowest BCUT2D eigenvalue weighted by molar-refractivity contribution is -0.143. The van der Waals surface area contributed by atoms with Crippen molar-refractivity contribution in [3.63, 3.8) is 0 Å². The van der Waals surface area contributed by atoms with Gasteiger partial charge in [0.15, 0.2) is 5.03 Å². The standard InChI is InChI=1S/C36H31FN8O7S/c1-21(2)44(30(35(48)49)14-22-4-8-26(9-5-22)45-34(47)28-12-13-38-19-31(28)43(3)36(45)50)33(46)27-10-7-25(15-29(27)37)42-53(51,52)32-11-6-23(18-41-32)24-16-39-20-40-17-24/h4-13,15-21,30,42H,14H2,1-3H3,(H,48,49)/t30-/m0/s1. The van der Waals surface area contributed by atoms with E-state index in [-0.39, 0.29) is 28.2 Å². The van der Waals surface area contributed by atoms with Crippen molar-refractivity contribution >= 4 is 38.5 Å². The molecule has 0 spiro atoms. The number of anilines is 1. The van der Waals surface area contributed by atoms with Crippen LogP contribution in [0.15, 0.2) is 113 Å². The minimum absolute atomic E-state index is 0.190. The third kappa shape index (κ3) is 7.27. The maximum atomic E-state index is 15.5. The van der Waals surface area contributed by atoms with E-state index in [0.717, 1.165) is 21.6 Å². The Hall–Kier alpha value is -6.62. The fourth-order valence-corrected chi connectivity index (χ4v) is 6.80. The number of hydrogen-bond acceptors (Lipinski definition) is 10. The van der Waals surface area contributed by atoms with Crippen molar-refractivity contribution in [2.45, 2.75) is 37.4 Å². The summed E-state index contributed by atoms with van der Waals surface area (Å²) in [6.07, 6.45) is 8.43. The number of hydrogen-bond donors (Lipinski definition) is 2. The molecule has 2 aromatic carbocycles. The zero-order chi connectivity index (χ0) is 38.0. The largest absolute Gasteiger partial charge is 0.480 e. The van der Waals surface area contributed by atoms with Gasteiger partial charge in [0, 0.05) is 55.4 Å². The van der Waals surface area contributed by atoms with Crippen LogP contribution < -0.4 is 16.0 Å². The number of sulfonamides is 1. The molecule has 15 nitrogen and oxygen atoms in total. The third-order valence-electron chi connectivity index (χ3n) is 8.47. The molecule has 6 rings (SSSR count). The van der Waals surface area contributed by atoms with Gasteiger partial charge in [0.1, 0.15) is 18.2 Å². The van der Waals surface area contributed by atoms with E-state index >= 15 is 4.39 Å². The average molecular weight is 739 g/mol. The smallest absolute Gasteiger partial charge is 0.335 e. The molecule has 0 saturated carbocycles. The Morgan fingerprint density at radius 2 is 1.64 bits per heavy atom. The summed E-state index contributed by atoms with van der Waals surface area (Å²) in [6, 6.07) is 11.3. The van der Waals surface area contributed by atoms with E-state index in [9.17, 15) is 32.7 Å². The molecule has 1 amide bonds. The summed E-state index contributed by atoms with van der Waals surface area (Å²) in [5, 5.41) is 10.2. The van der Waals surface area contributed by atoms with Gasteiger partial charge in [-0.1, -0.05) is 12.1 Å². The Balaban J connectivity index is 1.21. The molecule has 0 bridgehead atoms. The van der Waals surface area contributed by atoms with Crippen LogP contribution in [-0.2, 0) is 28.3 Å². The van der Waals surface area contributed by atoms with Crippen LogP contribution in [0.25, 0.3) is 27.7 Å². The molecule has 0 radical (unpaired) electrons. The number of rotatable bonds is 11. The first-order valence-electron chi connectivity index (χ1n) is 16.0. The number of carboxylic acid groups (broad SMARTS) is 1. The van der Waals surface area contributed by atoms with Crippen LogP contribution in [0.2, 0.25) is 0 Å². The maximum absolute atomic E-state index is 15.5. The third-order valence-corrected chi connectivity index (χ3v) is 9.76. The highest BCUT2D eigenvalue weighted by Gasteiger charge is 2.34. The number of aromatic nitrogens is 6. The number of nitrogens with zero attached hydrogens (tertiary/aromatic N) is 7. The van der Waals surface area contributed by atoms with Crippen LogP contribution in [-0.4, -0.2) is 71.5 Å². The van der Waals surface area contributed by atoms with Gasteiger partial charge in [-0.15, -0.1) is 0 Å². The molecule has 0 saturated heterocycles. The molecule has 1 atom stereocenters. The number of benzene rings is 2. The summed E-state index contributed by atoms with van der Waals surface area (Å²) in [5.41, 5.74) is 0.449. The molecule has 17 heteroatoms. The second kappa shape index (κ2) is 14.5. The van der Waals surface area contributed by atoms with E-state index in [1.54, 1.807) is 26.2 Å². The number of nitrogens with one attached hydrogen (secondary N) is 1. The van der Waals surface area contributed by atoms with Crippen LogP contribution in [0.4, 0.5) is 10.1 Å². The summed E-state index contributed by atoms with van der Waals surface area (Å²) < 4.78 is 46.1. The number of carbonyl (C=O) groups is 2. The van der Waals surface area contributed by atoms with Gasteiger partial charge in [-0.05, 0) is 67.9 Å². The Kier molecular flexibility index (Phi) is 9.93. The first-order valence-corrected chi connectivity index (χ1v) is 17.5. The second-order valence-corrected chi connectivity index (χ2v) is 13.8. The van der Waals surface area contributed by atoms with Crippen LogP contribution in [0, 0.1) is 5.82 Å². The summed E-state index contributed by atoms with van der Waals surface area (Å²) in [7, 11) is -2.75. The molecule has 4 aromatic heterocycles. The van der Waals surface area contributed by atoms with Gasteiger partial charge in [0.25, 0.3) is 21.5 Å².